The summed E-state index contributed by atoms with van der Waals surface area (Å²) in [6.45, 7) is 6.20. The fourth-order valence-corrected chi connectivity index (χ4v) is 8.38. The van der Waals surface area contributed by atoms with E-state index in [1.807, 2.05) is 0 Å². The van der Waals surface area contributed by atoms with E-state index in [4.69, 9.17) is 4.74 Å². The number of rotatable bonds is 0. The minimum absolute atomic E-state index is 0.601. The zero-order valence-electron chi connectivity index (χ0n) is 15.3. The maximum absolute atomic E-state index is 6.56. The Hall–Kier alpha value is -0.0400. The minimum atomic E-state index is 0.601. The zero-order chi connectivity index (χ0) is 15.6. The normalized spacial score (nSPS) is 58.7. The Morgan fingerprint density at radius 1 is 0.696 bits per heavy atom. The van der Waals surface area contributed by atoms with E-state index >= 15 is 0 Å². The van der Waals surface area contributed by atoms with Crippen molar-refractivity contribution in [2.45, 2.75) is 84.2 Å². The van der Waals surface area contributed by atoms with E-state index in [9.17, 15) is 0 Å². The molecule has 1 aliphatic heterocycles. The van der Waals surface area contributed by atoms with Crippen molar-refractivity contribution in [2.24, 2.45) is 46.8 Å². The number of ether oxygens (including phenoxy) is 1. The molecule has 0 aromatic heterocycles. The van der Waals surface area contributed by atoms with Crippen molar-refractivity contribution in [3.63, 3.8) is 0 Å². The summed E-state index contributed by atoms with van der Waals surface area (Å²) in [7, 11) is 0. The van der Waals surface area contributed by atoms with Crippen molar-refractivity contribution < 1.29 is 4.74 Å². The molecule has 8 unspecified atom stereocenters. The molecule has 0 amide bonds. The van der Waals surface area contributed by atoms with Crippen molar-refractivity contribution >= 4 is 0 Å². The smallest absolute Gasteiger partial charge is 0.0609 e. The van der Waals surface area contributed by atoms with Gasteiger partial charge in [-0.3, -0.25) is 0 Å². The van der Waals surface area contributed by atoms with Crippen LogP contribution in [0.3, 0.4) is 0 Å². The molecule has 0 aromatic rings. The maximum atomic E-state index is 6.56. The predicted octanol–water partition coefficient (Wildman–Crippen LogP) is 5.68. The van der Waals surface area contributed by atoms with E-state index in [1.165, 1.54) is 51.4 Å². The molecule has 0 radical (unpaired) electrons. The van der Waals surface area contributed by atoms with Gasteiger partial charge in [0.2, 0.25) is 0 Å². The second kappa shape index (κ2) is 5.48. The van der Waals surface area contributed by atoms with Crippen LogP contribution in [0.4, 0.5) is 0 Å². The summed E-state index contributed by atoms with van der Waals surface area (Å²) in [5.41, 5.74) is 0.601. The fraction of sp³-hybridized carbons (Fsp3) is 1.00. The Morgan fingerprint density at radius 2 is 1.30 bits per heavy atom. The molecular formula is C22H36O. The molecule has 0 N–H and O–H groups in total. The largest absolute Gasteiger partial charge is 0.377 e. The van der Waals surface area contributed by atoms with Crippen molar-refractivity contribution in [2.75, 3.05) is 6.61 Å². The summed E-state index contributed by atoms with van der Waals surface area (Å²) in [5.74, 6) is 7.01. The molecule has 0 aromatic carbocycles. The van der Waals surface area contributed by atoms with E-state index < -0.39 is 0 Å². The molecule has 8 atom stereocenters. The van der Waals surface area contributed by atoms with E-state index in [0.717, 1.165) is 48.0 Å². The number of fused-ring (bicyclic) bond motifs is 7. The third-order valence-electron chi connectivity index (χ3n) is 9.20. The molecule has 1 nitrogen and oxygen atoms in total. The molecular weight excluding hydrogens is 280 g/mol. The number of hydrogen-bond donors (Lipinski definition) is 0. The molecule has 1 heteroatoms. The fourth-order valence-electron chi connectivity index (χ4n) is 8.38. The molecule has 1 heterocycles. The molecule has 5 aliphatic rings. The van der Waals surface area contributed by atoms with Gasteiger partial charge in [-0.05, 0) is 80.0 Å². The summed E-state index contributed by atoms with van der Waals surface area (Å²) in [4.78, 5) is 0. The average Bonchev–Trinajstić information content (AvgIpc) is 3.07. The third kappa shape index (κ3) is 2.07. The first-order valence-electron chi connectivity index (χ1n) is 10.8. The Bertz CT molecular complexity index is 431. The SMILES string of the molecule is CC1CCC2C3CCC(C)CC3C3(COC4CCCCC43)C2C1. The van der Waals surface area contributed by atoms with Gasteiger partial charge in [0.25, 0.3) is 0 Å². The maximum Gasteiger partial charge on any atom is 0.0609 e. The highest BCUT2D eigenvalue weighted by Crippen LogP contribution is 2.70. The molecule has 4 aliphatic carbocycles. The Morgan fingerprint density at radius 3 is 1.96 bits per heavy atom. The lowest BCUT2D eigenvalue weighted by Crippen LogP contribution is -2.45. The quantitative estimate of drug-likeness (QED) is 0.558. The number of hydrogen-bond acceptors (Lipinski definition) is 1. The first-order chi connectivity index (χ1) is 11.2. The van der Waals surface area contributed by atoms with Crippen LogP contribution in [0.15, 0.2) is 0 Å². The van der Waals surface area contributed by atoms with Gasteiger partial charge in [-0.2, -0.15) is 0 Å². The van der Waals surface area contributed by atoms with Gasteiger partial charge in [-0.15, -0.1) is 0 Å². The Kier molecular flexibility index (Phi) is 3.63. The first-order valence-corrected chi connectivity index (χ1v) is 10.8. The van der Waals surface area contributed by atoms with Crippen LogP contribution in [0.1, 0.15) is 78.1 Å². The highest BCUT2D eigenvalue weighted by atomic mass is 16.5. The van der Waals surface area contributed by atoms with Gasteiger partial charge >= 0.3 is 0 Å². The van der Waals surface area contributed by atoms with Gasteiger partial charge < -0.3 is 4.74 Å². The zero-order valence-corrected chi connectivity index (χ0v) is 15.3. The van der Waals surface area contributed by atoms with E-state index in [-0.39, 0.29) is 0 Å². The summed E-state index contributed by atoms with van der Waals surface area (Å²) in [6.07, 6.45) is 15.5. The molecule has 5 fully saturated rings. The third-order valence-corrected chi connectivity index (χ3v) is 9.20. The minimum Gasteiger partial charge on any atom is -0.377 e. The second-order valence-electron chi connectivity index (χ2n) is 10.2. The summed E-state index contributed by atoms with van der Waals surface area (Å²) in [6, 6.07) is 0. The topological polar surface area (TPSA) is 9.23 Å². The summed E-state index contributed by atoms with van der Waals surface area (Å²) < 4.78 is 6.56. The van der Waals surface area contributed by atoms with Gasteiger partial charge in [-0.1, -0.05) is 39.5 Å². The van der Waals surface area contributed by atoms with Crippen molar-refractivity contribution in [1.82, 2.24) is 0 Å². The Balaban J connectivity index is 1.56. The van der Waals surface area contributed by atoms with E-state index in [2.05, 4.69) is 13.8 Å². The van der Waals surface area contributed by atoms with Gasteiger partial charge in [0.15, 0.2) is 0 Å². The molecule has 5 rings (SSSR count). The van der Waals surface area contributed by atoms with Crippen LogP contribution in [-0.4, -0.2) is 12.7 Å². The van der Waals surface area contributed by atoms with Crippen LogP contribution in [-0.2, 0) is 4.74 Å². The predicted molar refractivity (Wildman–Crippen MR) is 94.1 cm³/mol. The van der Waals surface area contributed by atoms with E-state index in [1.54, 1.807) is 12.8 Å². The molecule has 130 valence electrons. The molecule has 0 bridgehead atoms. The van der Waals surface area contributed by atoms with Crippen molar-refractivity contribution in [3.05, 3.63) is 0 Å². The first kappa shape index (κ1) is 15.2. The van der Waals surface area contributed by atoms with Crippen LogP contribution in [0, 0.1) is 46.8 Å². The molecule has 1 spiro atoms. The lowest BCUT2D eigenvalue weighted by atomic mass is 9.56. The molecule has 4 saturated carbocycles. The van der Waals surface area contributed by atoms with Gasteiger partial charge in [-0.25, -0.2) is 0 Å². The van der Waals surface area contributed by atoms with Crippen molar-refractivity contribution in [3.8, 4) is 0 Å². The summed E-state index contributed by atoms with van der Waals surface area (Å²) in [5, 5.41) is 0. The van der Waals surface area contributed by atoms with Crippen molar-refractivity contribution in [1.29, 1.82) is 0 Å². The average molecular weight is 317 g/mol. The van der Waals surface area contributed by atoms with Crippen LogP contribution in [0.25, 0.3) is 0 Å². The van der Waals surface area contributed by atoms with Gasteiger partial charge in [0, 0.05) is 5.41 Å². The van der Waals surface area contributed by atoms with Crippen LogP contribution >= 0.6 is 0 Å². The molecule has 23 heavy (non-hydrogen) atoms. The standard InChI is InChI=1S/C22H36O/c1-14-7-9-16-17-10-8-15(2)12-20(17)22(19(16)11-14)13-23-21-6-4-3-5-18(21)22/h14-21H,3-13H2,1-2H3. The van der Waals surface area contributed by atoms with Crippen LogP contribution in [0.5, 0.6) is 0 Å². The monoisotopic (exact) mass is 316 g/mol. The van der Waals surface area contributed by atoms with E-state index in [0.29, 0.717) is 11.5 Å². The Labute approximate surface area is 142 Å². The van der Waals surface area contributed by atoms with Crippen LogP contribution < -0.4 is 0 Å². The lowest BCUT2D eigenvalue weighted by molar-refractivity contribution is 0.0127. The highest BCUT2D eigenvalue weighted by molar-refractivity contribution is 5.14. The summed E-state index contributed by atoms with van der Waals surface area (Å²) >= 11 is 0. The highest BCUT2D eigenvalue weighted by Gasteiger charge is 2.67. The molecule has 1 saturated heterocycles. The van der Waals surface area contributed by atoms with Gasteiger partial charge in [0.05, 0.1) is 12.7 Å². The van der Waals surface area contributed by atoms with Crippen LogP contribution in [0.2, 0.25) is 0 Å². The van der Waals surface area contributed by atoms with Gasteiger partial charge in [0.1, 0.15) is 0 Å². The lowest BCUT2D eigenvalue weighted by Gasteiger charge is -2.47. The second-order valence-corrected chi connectivity index (χ2v) is 10.2.